The molecule has 1 aliphatic heterocycles. The second-order valence-corrected chi connectivity index (χ2v) is 9.80. The van der Waals surface area contributed by atoms with Crippen molar-refractivity contribution < 1.29 is 17.9 Å². The molecule has 1 aliphatic rings. The zero-order valence-corrected chi connectivity index (χ0v) is 19.1. The first-order valence-electron chi connectivity index (χ1n) is 10.5. The normalized spacial score (nSPS) is 17.2. The van der Waals surface area contributed by atoms with Gasteiger partial charge in [-0.3, -0.25) is 9.10 Å². The van der Waals surface area contributed by atoms with Crippen molar-refractivity contribution >= 4 is 21.6 Å². The topological polar surface area (TPSA) is 75.7 Å². The molecule has 31 heavy (non-hydrogen) atoms. The van der Waals surface area contributed by atoms with Crippen LogP contribution in [0.2, 0.25) is 0 Å². The highest BCUT2D eigenvalue weighted by Crippen LogP contribution is 2.42. The van der Waals surface area contributed by atoms with E-state index in [4.69, 9.17) is 4.74 Å². The van der Waals surface area contributed by atoms with E-state index < -0.39 is 10.0 Å². The highest BCUT2D eigenvalue weighted by molar-refractivity contribution is 7.92. The molecular formula is C24H30N2O4S. The number of hydrogen-bond donors (Lipinski definition) is 1. The van der Waals surface area contributed by atoms with Crippen LogP contribution in [0.1, 0.15) is 55.1 Å². The van der Waals surface area contributed by atoms with Crippen LogP contribution >= 0.6 is 0 Å². The SMILES string of the molecule is C=CCN(c1ccc(C(=O)N[C@@H]2CC(CC)(CC)Oc3ccccc32)cc1)S(C)(=O)=O. The standard InChI is InChI=1S/C24H30N2O4S/c1-5-16-26(31(4,28)29)19-14-12-18(13-15-19)23(27)25-21-17-24(6-2,7-3)30-22-11-9-8-10-20(21)22/h5,8-15,21H,1,6-7,16-17H2,2-4H3,(H,25,27)/t21-/m1/s1. The maximum Gasteiger partial charge on any atom is 0.251 e. The predicted octanol–water partition coefficient (Wildman–Crippen LogP) is 4.45. The fourth-order valence-corrected chi connectivity index (χ4v) is 4.88. The van der Waals surface area contributed by atoms with E-state index >= 15 is 0 Å². The molecule has 1 N–H and O–H groups in total. The second kappa shape index (κ2) is 9.14. The van der Waals surface area contributed by atoms with Crippen LogP contribution in [0.15, 0.2) is 61.2 Å². The fourth-order valence-electron chi connectivity index (χ4n) is 4.00. The van der Waals surface area contributed by atoms with Crippen LogP contribution in [0.4, 0.5) is 5.69 Å². The highest BCUT2D eigenvalue weighted by atomic mass is 32.2. The molecule has 1 amide bonds. The Morgan fingerprint density at radius 1 is 1.19 bits per heavy atom. The van der Waals surface area contributed by atoms with Gasteiger partial charge in [-0.05, 0) is 43.2 Å². The first-order chi connectivity index (χ1) is 14.7. The summed E-state index contributed by atoms with van der Waals surface area (Å²) in [4.78, 5) is 13.0. The summed E-state index contributed by atoms with van der Waals surface area (Å²) in [6.07, 6.45) is 5.07. The number of hydrogen-bond acceptors (Lipinski definition) is 4. The molecule has 0 bridgehead atoms. The molecule has 0 spiro atoms. The number of amides is 1. The molecule has 1 atom stereocenters. The molecule has 0 saturated carbocycles. The lowest BCUT2D eigenvalue weighted by Gasteiger charge is -2.41. The van der Waals surface area contributed by atoms with Gasteiger partial charge >= 0.3 is 0 Å². The summed E-state index contributed by atoms with van der Waals surface area (Å²) < 4.78 is 31.6. The Kier molecular flexibility index (Phi) is 6.74. The van der Waals surface area contributed by atoms with Crippen LogP contribution in [0.5, 0.6) is 5.75 Å². The number of sulfonamides is 1. The van der Waals surface area contributed by atoms with Crippen LogP contribution in [-0.4, -0.2) is 32.7 Å². The van der Waals surface area contributed by atoms with Gasteiger partial charge in [0.2, 0.25) is 10.0 Å². The molecule has 0 radical (unpaired) electrons. The lowest BCUT2D eigenvalue weighted by molar-refractivity contribution is 0.0227. The molecule has 7 heteroatoms. The molecule has 3 rings (SSSR count). The monoisotopic (exact) mass is 442 g/mol. The number of para-hydroxylation sites is 1. The first kappa shape index (κ1) is 22.9. The third kappa shape index (κ3) is 4.93. The number of nitrogens with zero attached hydrogens (tertiary/aromatic N) is 1. The molecule has 0 aliphatic carbocycles. The summed E-state index contributed by atoms with van der Waals surface area (Å²) in [5.41, 5.74) is 1.63. The van der Waals surface area contributed by atoms with E-state index in [2.05, 4.69) is 25.7 Å². The minimum absolute atomic E-state index is 0.162. The smallest absolute Gasteiger partial charge is 0.251 e. The fraction of sp³-hybridized carbons (Fsp3) is 0.375. The Morgan fingerprint density at radius 3 is 2.42 bits per heavy atom. The van der Waals surface area contributed by atoms with Crippen LogP contribution < -0.4 is 14.4 Å². The van der Waals surface area contributed by atoms with E-state index in [1.54, 1.807) is 24.3 Å². The summed E-state index contributed by atoms with van der Waals surface area (Å²) in [5, 5.41) is 3.15. The van der Waals surface area contributed by atoms with Gasteiger partial charge in [0.15, 0.2) is 0 Å². The second-order valence-electron chi connectivity index (χ2n) is 7.89. The molecule has 0 fully saturated rings. The van der Waals surface area contributed by atoms with Gasteiger partial charge in [0, 0.05) is 17.5 Å². The van der Waals surface area contributed by atoms with Crippen molar-refractivity contribution in [3.05, 3.63) is 72.3 Å². The molecule has 6 nitrogen and oxygen atoms in total. The van der Waals surface area contributed by atoms with Gasteiger partial charge in [-0.25, -0.2) is 8.42 Å². The zero-order valence-electron chi connectivity index (χ0n) is 18.3. The Balaban J connectivity index is 1.83. The molecule has 0 unspecified atom stereocenters. The van der Waals surface area contributed by atoms with Gasteiger partial charge in [-0.1, -0.05) is 38.1 Å². The number of carbonyl (C=O) groups excluding carboxylic acids is 1. The summed E-state index contributed by atoms with van der Waals surface area (Å²) in [5.74, 6) is 0.607. The Labute approximate surface area is 185 Å². The van der Waals surface area contributed by atoms with Crippen molar-refractivity contribution in [1.82, 2.24) is 5.32 Å². The van der Waals surface area contributed by atoms with Crippen LogP contribution in [0.3, 0.4) is 0 Å². The number of nitrogens with one attached hydrogen (secondary N) is 1. The van der Waals surface area contributed by atoms with Gasteiger partial charge in [-0.15, -0.1) is 6.58 Å². The van der Waals surface area contributed by atoms with Crippen molar-refractivity contribution in [2.75, 3.05) is 17.1 Å². The maximum absolute atomic E-state index is 13.0. The Hall–Kier alpha value is -2.80. The number of anilines is 1. The largest absolute Gasteiger partial charge is 0.487 e. The van der Waals surface area contributed by atoms with Crippen molar-refractivity contribution in [1.29, 1.82) is 0 Å². The van der Waals surface area contributed by atoms with E-state index in [1.807, 2.05) is 24.3 Å². The number of carbonyl (C=O) groups is 1. The van der Waals surface area contributed by atoms with E-state index in [1.165, 1.54) is 10.4 Å². The van der Waals surface area contributed by atoms with E-state index in [0.29, 0.717) is 17.7 Å². The third-order valence-corrected chi connectivity index (χ3v) is 7.06. The van der Waals surface area contributed by atoms with Crippen molar-refractivity contribution in [2.24, 2.45) is 0 Å². The van der Waals surface area contributed by atoms with E-state index in [9.17, 15) is 13.2 Å². The average Bonchev–Trinajstić information content (AvgIpc) is 2.76. The molecule has 1 heterocycles. The minimum atomic E-state index is -3.44. The molecule has 2 aromatic carbocycles. The van der Waals surface area contributed by atoms with Gasteiger partial charge in [-0.2, -0.15) is 0 Å². The predicted molar refractivity (Wildman–Crippen MR) is 124 cm³/mol. The molecule has 0 saturated heterocycles. The molecule has 2 aromatic rings. The van der Waals surface area contributed by atoms with Crippen molar-refractivity contribution in [3.63, 3.8) is 0 Å². The first-order valence-corrected chi connectivity index (χ1v) is 12.4. The number of fused-ring (bicyclic) bond motifs is 1. The lowest BCUT2D eigenvalue weighted by atomic mass is 9.83. The van der Waals surface area contributed by atoms with Crippen LogP contribution in [0.25, 0.3) is 0 Å². The van der Waals surface area contributed by atoms with Gasteiger partial charge in [0.25, 0.3) is 5.91 Å². The lowest BCUT2D eigenvalue weighted by Crippen LogP contribution is -2.44. The van der Waals surface area contributed by atoms with E-state index in [0.717, 1.165) is 30.4 Å². The van der Waals surface area contributed by atoms with Crippen molar-refractivity contribution in [2.45, 2.75) is 44.8 Å². The summed E-state index contributed by atoms with van der Waals surface area (Å²) in [6, 6.07) is 14.2. The third-order valence-electron chi connectivity index (χ3n) is 5.90. The highest BCUT2D eigenvalue weighted by Gasteiger charge is 2.39. The number of ether oxygens (including phenoxy) is 1. The van der Waals surface area contributed by atoms with Gasteiger partial charge < -0.3 is 10.1 Å². The Morgan fingerprint density at radius 2 is 1.84 bits per heavy atom. The summed E-state index contributed by atoms with van der Waals surface area (Å²) in [6.45, 7) is 7.99. The Bertz CT molecular complexity index is 1040. The van der Waals surface area contributed by atoms with Gasteiger partial charge in [0.1, 0.15) is 11.4 Å². The molecule has 166 valence electrons. The van der Waals surface area contributed by atoms with Gasteiger partial charge in [0.05, 0.1) is 24.5 Å². The summed E-state index contributed by atoms with van der Waals surface area (Å²) >= 11 is 0. The maximum atomic E-state index is 13.0. The van der Waals surface area contributed by atoms with E-state index in [-0.39, 0.29) is 24.1 Å². The van der Waals surface area contributed by atoms with Crippen molar-refractivity contribution in [3.8, 4) is 5.75 Å². The molecular weight excluding hydrogens is 412 g/mol. The quantitative estimate of drug-likeness (QED) is 0.613. The van der Waals surface area contributed by atoms with Crippen LogP contribution in [-0.2, 0) is 10.0 Å². The van der Waals surface area contributed by atoms with Crippen LogP contribution in [0, 0.1) is 0 Å². The molecule has 0 aromatic heterocycles. The summed E-state index contributed by atoms with van der Waals surface area (Å²) in [7, 11) is -3.44. The zero-order chi connectivity index (χ0) is 22.6. The minimum Gasteiger partial charge on any atom is -0.487 e. The number of rotatable bonds is 8. The number of benzene rings is 2. The average molecular weight is 443 g/mol.